The Morgan fingerprint density at radius 3 is 2.42 bits per heavy atom. The van der Waals surface area contributed by atoms with Crippen molar-refractivity contribution in [3.05, 3.63) is 66.8 Å². The van der Waals surface area contributed by atoms with Gasteiger partial charge in [-0.3, -0.25) is 0 Å². The summed E-state index contributed by atoms with van der Waals surface area (Å²) >= 11 is 0. The summed E-state index contributed by atoms with van der Waals surface area (Å²) in [5.74, 6) is 0.534. The molecule has 31 heavy (non-hydrogen) atoms. The fraction of sp³-hybridized carbons (Fsp3) is 0.190. The maximum atomic E-state index is 13.3. The number of nitrogens with zero attached hydrogens (tertiary/aromatic N) is 4. The van der Waals surface area contributed by atoms with Gasteiger partial charge in [-0.2, -0.15) is 0 Å². The molecule has 0 aliphatic carbocycles. The van der Waals surface area contributed by atoms with Crippen LogP contribution in [0.5, 0.6) is 5.75 Å². The molecule has 0 aliphatic rings. The van der Waals surface area contributed by atoms with Gasteiger partial charge in [0.15, 0.2) is 0 Å². The Hall–Kier alpha value is -3.69. The minimum absolute atomic E-state index is 0.0915. The highest BCUT2D eigenvalue weighted by Gasteiger charge is 2.31. The van der Waals surface area contributed by atoms with Crippen molar-refractivity contribution in [1.82, 2.24) is 19.5 Å². The van der Waals surface area contributed by atoms with Crippen molar-refractivity contribution in [2.75, 3.05) is 12.4 Å². The molecule has 4 aromatic rings. The molecule has 2 heterocycles. The molecule has 0 saturated carbocycles. The number of imidazole rings is 1. The smallest absolute Gasteiger partial charge is 0.489 e. The van der Waals surface area contributed by atoms with Gasteiger partial charge < -0.3 is 10.1 Å². The summed E-state index contributed by atoms with van der Waals surface area (Å²) in [6.07, 6.45) is -1.55. The third kappa shape index (κ3) is 4.14. The van der Waals surface area contributed by atoms with Gasteiger partial charge in [0.2, 0.25) is 0 Å². The molecule has 0 aliphatic heterocycles. The van der Waals surface area contributed by atoms with Gasteiger partial charge in [0.05, 0.1) is 18.8 Å². The number of benzene rings is 2. The number of alkyl halides is 3. The first kappa shape index (κ1) is 20.6. The van der Waals surface area contributed by atoms with Crippen LogP contribution in [0.3, 0.4) is 0 Å². The summed E-state index contributed by atoms with van der Waals surface area (Å²) in [5, 5.41) is 3.70. The summed E-state index contributed by atoms with van der Waals surface area (Å²) in [5.41, 5.74) is 2.23. The lowest BCUT2D eigenvalue weighted by molar-refractivity contribution is -0.204. The normalized spacial score (nSPS) is 12.7. The van der Waals surface area contributed by atoms with Crippen molar-refractivity contribution in [3.63, 3.8) is 0 Å². The zero-order chi connectivity index (χ0) is 22.2. The van der Waals surface area contributed by atoms with Crippen molar-refractivity contribution in [2.45, 2.75) is 19.3 Å². The van der Waals surface area contributed by atoms with E-state index in [0.717, 1.165) is 23.7 Å². The highest BCUT2D eigenvalue weighted by atomic mass is 19.4. The molecule has 4 rings (SSSR count). The van der Waals surface area contributed by atoms with Gasteiger partial charge in [-0.15, -0.1) is 13.2 Å². The molecule has 0 bridgehead atoms. The zero-order valence-corrected chi connectivity index (χ0v) is 16.5. The van der Waals surface area contributed by atoms with E-state index in [0.29, 0.717) is 22.5 Å². The second-order valence-corrected chi connectivity index (χ2v) is 6.84. The van der Waals surface area contributed by atoms with Crippen molar-refractivity contribution in [3.8, 4) is 16.9 Å². The molecule has 2 aromatic heterocycles. The van der Waals surface area contributed by atoms with Crippen molar-refractivity contribution in [2.24, 2.45) is 0 Å². The van der Waals surface area contributed by atoms with Gasteiger partial charge in [0.1, 0.15) is 35.6 Å². The van der Waals surface area contributed by atoms with E-state index in [1.807, 2.05) is 6.07 Å². The minimum atomic E-state index is -4.54. The molecule has 2 aromatic carbocycles. The van der Waals surface area contributed by atoms with E-state index in [1.165, 1.54) is 25.6 Å². The van der Waals surface area contributed by atoms with E-state index in [9.17, 15) is 17.6 Å². The molecule has 0 radical (unpaired) electrons. The molecule has 160 valence electrons. The maximum Gasteiger partial charge on any atom is 0.489 e. The van der Waals surface area contributed by atoms with Gasteiger partial charge in [-0.25, -0.2) is 23.9 Å². The molecule has 0 fully saturated rings. The molecule has 0 spiro atoms. The predicted octanol–water partition coefficient (Wildman–Crippen LogP) is 5.29. The Labute approximate surface area is 174 Å². The van der Waals surface area contributed by atoms with Crippen LogP contribution in [0.15, 0.2) is 55.2 Å². The Kier molecular flexibility index (Phi) is 5.22. The number of nitrogens with one attached hydrogen (secondary N) is 1. The molecule has 0 amide bonds. The Morgan fingerprint density at radius 1 is 1.03 bits per heavy atom. The third-order valence-corrected chi connectivity index (χ3v) is 4.79. The van der Waals surface area contributed by atoms with Gasteiger partial charge in [-0.1, -0.05) is 12.1 Å². The second-order valence-electron chi connectivity index (χ2n) is 6.84. The zero-order valence-electron chi connectivity index (χ0n) is 16.5. The Morgan fingerprint density at radius 2 is 1.77 bits per heavy atom. The summed E-state index contributed by atoms with van der Waals surface area (Å²) in [6, 6.07) is 9.01. The highest BCUT2D eigenvalue weighted by molar-refractivity contribution is 5.96. The fourth-order valence-electron chi connectivity index (χ4n) is 3.19. The van der Waals surface area contributed by atoms with E-state index in [2.05, 4.69) is 20.3 Å². The molecular formula is C21H17F4N5O. The van der Waals surface area contributed by atoms with Gasteiger partial charge >= 0.3 is 6.30 Å². The van der Waals surface area contributed by atoms with E-state index in [-0.39, 0.29) is 16.1 Å². The number of methoxy groups -OCH3 is 1. The van der Waals surface area contributed by atoms with Crippen LogP contribution in [0.1, 0.15) is 18.7 Å². The van der Waals surface area contributed by atoms with E-state index in [4.69, 9.17) is 4.74 Å². The minimum Gasteiger partial charge on any atom is -0.494 e. The van der Waals surface area contributed by atoms with E-state index in [1.54, 1.807) is 25.1 Å². The molecule has 10 heteroatoms. The van der Waals surface area contributed by atoms with Crippen LogP contribution in [-0.4, -0.2) is 26.6 Å². The predicted molar refractivity (Wildman–Crippen MR) is 107 cm³/mol. The van der Waals surface area contributed by atoms with Gasteiger partial charge in [-0.05, 0) is 42.3 Å². The number of hydrogen-bond acceptors (Lipinski definition) is 5. The number of rotatable bonds is 5. The highest BCUT2D eigenvalue weighted by Crippen LogP contribution is 2.35. The Balaban J connectivity index is 1.74. The summed E-state index contributed by atoms with van der Waals surface area (Å²) in [7, 11) is 1.50. The molecule has 6 nitrogen and oxygen atoms in total. The Bertz CT molecular complexity index is 1220. The number of fused-ring (bicyclic) bond motifs is 1. The second kappa shape index (κ2) is 7.86. The number of ether oxygens (including phenoxy) is 1. The number of hydrogen-bond donors (Lipinski definition) is 1. The molecular weight excluding hydrogens is 414 g/mol. The van der Waals surface area contributed by atoms with Crippen LogP contribution in [0, 0.1) is 5.82 Å². The van der Waals surface area contributed by atoms with Gasteiger partial charge in [0.25, 0.3) is 0 Å². The lowest BCUT2D eigenvalue weighted by Gasteiger charge is -2.16. The largest absolute Gasteiger partial charge is 0.494 e. The van der Waals surface area contributed by atoms with Crippen LogP contribution < -0.4 is 10.1 Å². The standard InChI is InChI=1S/C21H17F4N5O/c1-12(17-9-30(11-28-17)21(23,24)25)29-20-16-7-14(13-3-5-15(22)6-4-13)8-18(31-2)19(16)26-10-27-20/h3-12H,1-2H3,(H,26,27,29). The first-order valence-electron chi connectivity index (χ1n) is 9.22. The van der Waals surface area contributed by atoms with Crippen molar-refractivity contribution >= 4 is 16.7 Å². The topological polar surface area (TPSA) is 64.9 Å². The number of aromatic nitrogens is 4. The van der Waals surface area contributed by atoms with Crippen molar-refractivity contribution in [1.29, 1.82) is 0 Å². The molecule has 1 unspecified atom stereocenters. The van der Waals surface area contributed by atoms with E-state index >= 15 is 0 Å². The summed E-state index contributed by atoms with van der Waals surface area (Å²) < 4.78 is 57.4. The fourth-order valence-corrected chi connectivity index (χ4v) is 3.19. The van der Waals surface area contributed by atoms with Crippen LogP contribution in [0.25, 0.3) is 22.0 Å². The monoisotopic (exact) mass is 431 g/mol. The molecule has 1 atom stereocenters. The third-order valence-electron chi connectivity index (χ3n) is 4.79. The van der Waals surface area contributed by atoms with Gasteiger partial charge in [0, 0.05) is 11.6 Å². The molecule has 0 saturated heterocycles. The van der Waals surface area contributed by atoms with E-state index < -0.39 is 12.3 Å². The first-order valence-corrected chi connectivity index (χ1v) is 9.22. The number of halogens is 4. The first-order chi connectivity index (χ1) is 14.8. The summed E-state index contributed by atoms with van der Waals surface area (Å²) in [6.45, 7) is 1.68. The van der Waals surface area contributed by atoms with Crippen LogP contribution >= 0.6 is 0 Å². The lowest BCUT2D eigenvalue weighted by atomic mass is 10.0. The van der Waals surface area contributed by atoms with Crippen LogP contribution in [0.2, 0.25) is 0 Å². The van der Waals surface area contributed by atoms with Crippen LogP contribution in [-0.2, 0) is 6.30 Å². The average Bonchev–Trinajstić information content (AvgIpc) is 3.25. The lowest BCUT2D eigenvalue weighted by Crippen LogP contribution is -2.14. The maximum absolute atomic E-state index is 13.3. The number of anilines is 1. The quantitative estimate of drug-likeness (QED) is 0.435. The average molecular weight is 431 g/mol. The van der Waals surface area contributed by atoms with Crippen LogP contribution in [0.4, 0.5) is 23.4 Å². The summed E-state index contributed by atoms with van der Waals surface area (Å²) in [4.78, 5) is 12.4. The SMILES string of the molecule is COc1cc(-c2ccc(F)cc2)cc2c(NC(C)c3cn(C(F)(F)F)cn3)ncnc12. The molecule has 1 N–H and O–H groups in total. The van der Waals surface area contributed by atoms with Crippen molar-refractivity contribution < 1.29 is 22.3 Å².